The van der Waals surface area contributed by atoms with E-state index in [2.05, 4.69) is 36.3 Å². The fourth-order valence-electron chi connectivity index (χ4n) is 3.59. The van der Waals surface area contributed by atoms with Gasteiger partial charge in [0.2, 0.25) is 5.91 Å². The van der Waals surface area contributed by atoms with Crippen molar-refractivity contribution < 1.29 is 4.79 Å². The Labute approximate surface area is 130 Å². The topological polar surface area (TPSA) is 44.4 Å². The quantitative estimate of drug-likeness (QED) is 0.815. The molecule has 2 fully saturated rings. The first kappa shape index (κ1) is 16.8. The molecule has 0 radical (unpaired) electrons. The molecule has 1 amide bonds. The summed E-state index contributed by atoms with van der Waals surface area (Å²) >= 11 is 0. The lowest BCUT2D eigenvalue weighted by atomic mass is 9.81. The summed E-state index contributed by atoms with van der Waals surface area (Å²) in [5.74, 6) is 1.92. The average Bonchev–Trinajstić information content (AvgIpc) is 2.50. The third-order valence-corrected chi connectivity index (χ3v) is 5.44. The third-order valence-electron chi connectivity index (χ3n) is 5.44. The lowest BCUT2D eigenvalue weighted by Gasteiger charge is -2.39. The second kappa shape index (κ2) is 7.59. The predicted molar refractivity (Wildman–Crippen MR) is 87.3 cm³/mol. The van der Waals surface area contributed by atoms with E-state index in [1.807, 2.05) is 0 Å². The van der Waals surface area contributed by atoms with Gasteiger partial charge in [0.1, 0.15) is 0 Å². The predicted octanol–water partition coefficient (Wildman–Crippen LogP) is 2.00. The number of carbonyl (C=O) groups excluding carboxylic acids is 1. The van der Waals surface area contributed by atoms with Crippen LogP contribution in [0.15, 0.2) is 0 Å². The molecule has 0 atom stereocenters. The Morgan fingerprint density at radius 1 is 1.19 bits per heavy atom. The van der Waals surface area contributed by atoms with Crippen molar-refractivity contribution in [3.05, 3.63) is 0 Å². The van der Waals surface area contributed by atoms with Gasteiger partial charge in [-0.3, -0.25) is 9.69 Å². The first-order chi connectivity index (χ1) is 10.00. The fraction of sp³-hybridized carbons (Fsp3) is 0.941. The zero-order valence-corrected chi connectivity index (χ0v) is 14.1. The van der Waals surface area contributed by atoms with Gasteiger partial charge in [0.25, 0.3) is 0 Å². The van der Waals surface area contributed by atoms with Crippen molar-refractivity contribution in [2.75, 3.05) is 32.7 Å². The van der Waals surface area contributed by atoms with E-state index >= 15 is 0 Å². The molecule has 1 saturated carbocycles. The molecule has 21 heavy (non-hydrogen) atoms. The van der Waals surface area contributed by atoms with Gasteiger partial charge in [-0.25, -0.2) is 0 Å². The van der Waals surface area contributed by atoms with Gasteiger partial charge in [0.15, 0.2) is 0 Å². The van der Waals surface area contributed by atoms with Crippen LogP contribution in [-0.4, -0.2) is 49.1 Å². The van der Waals surface area contributed by atoms with Crippen LogP contribution in [0.2, 0.25) is 0 Å². The standard InChI is InChI=1S/C17H33N3O/c1-14-4-6-15(7-5-14)8-9-19-16(21)17(2,3)20-12-10-18-11-13-20/h14-15,18H,4-13H2,1-3H3,(H,19,21). The largest absolute Gasteiger partial charge is 0.354 e. The highest BCUT2D eigenvalue weighted by Gasteiger charge is 2.34. The van der Waals surface area contributed by atoms with E-state index in [1.165, 1.54) is 25.7 Å². The Morgan fingerprint density at radius 2 is 1.81 bits per heavy atom. The fourth-order valence-corrected chi connectivity index (χ4v) is 3.59. The molecule has 1 aliphatic carbocycles. The highest BCUT2D eigenvalue weighted by molar-refractivity contribution is 5.85. The summed E-state index contributed by atoms with van der Waals surface area (Å²) in [6.07, 6.45) is 6.57. The van der Waals surface area contributed by atoms with Crippen molar-refractivity contribution in [3.63, 3.8) is 0 Å². The maximum Gasteiger partial charge on any atom is 0.239 e. The maximum atomic E-state index is 12.5. The van der Waals surface area contributed by atoms with Gasteiger partial charge in [-0.1, -0.05) is 32.6 Å². The van der Waals surface area contributed by atoms with E-state index in [4.69, 9.17) is 0 Å². The second-order valence-corrected chi connectivity index (χ2v) is 7.47. The molecule has 2 N–H and O–H groups in total. The number of hydrogen-bond acceptors (Lipinski definition) is 3. The summed E-state index contributed by atoms with van der Waals surface area (Å²) in [5.41, 5.74) is -0.386. The van der Waals surface area contributed by atoms with Crippen molar-refractivity contribution in [1.82, 2.24) is 15.5 Å². The van der Waals surface area contributed by atoms with Gasteiger partial charge >= 0.3 is 0 Å². The average molecular weight is 295 g/mol. The van der Waals surface area contributed by atoms with E-state index < -0.39 is 0 Å². The van der Waals surface area contributed by atoms with Crippen LogP contribution >= 0.6 is 0 Å². The molecule has 4 heteroatoms. The van der Waals surface area contributed by atoms with Crippen LogP contribution in [0, 0.1) is 11.8 Å². The van der Waals surface area contributed by atoms with Crippen LogP contribution in [0.25, 0.3) is 0 Å². The van der Waals surface area contributed by atoms with Crippen LogP contribution in [0.5, 0.6) is 0 Å². The number of nitrogens with zero attached hydrogens (tertiary/aromatic N) is 1. The van der Waals surface area contributed by atoms with Crippen LogP contribution in [0.4, 0.5) is 0 Å². The molecular formula is C17H33N3O. The summed E-state index contributed by atoms with van der Waals surface area (Å²) in [7, 11) is 0. The van der Waals surface area contributed by atoms with E-state index in [0.29, 0.717) is 0 Å². The highest BCUT2D eigenvalue weighted by atomic mass is 16.2. The molecule has 1 aliphatic heterocycles. The molecule has 122 valence electrons. The number of amides is 1. The van der Waals surface area contributed by atoms with Crippen LogP contribution in [-0.2, 0) is 4.79 Å². The van der Waals surface area contributed by atoms with Crippen molar-refractivity contribution in [2.24, 2.45) is 11.8 Å². The molecule has 0 aromatic rings. The van der Waals surface area contributed by atoms with Crippen molar-refractivity contribution in [3.8, 4) is 0 Å². The minimum absolute atomic E-state index is 0.188. The zero-order valence-electron chi connectivity index (χ0n) is 14.1. The molecule has 0 spiro atoms. The second-order valence-electron chi connectivity index (χ2n) is 7.47. The first-order valence-corrected chi connectivity index (χ1v) is 8.74. The Kier molecular flexibility index (Phi) is 6.06. The summed E-state index contributed by atoms with van der Waals surface area (Å²) in [6.45, 7) is 11.2. The third kappa shape index (κ3) is 4.68. The normalized spacial score (nSPS) is 28.3. The SMILES string of the molecule is CC1CCC(CCNC(=O)C(C)(C)N2CCNCC2)CC1. The van der Waals surface area contributed by atoms with Gasteiger partial charge in [-0.15, -0.1) is 0 Å². The molecule has 0 bridgehead atoms. The van der Waals surface area contributed by atoms with Crippen LogP contribution in [0.3, 0.4) is 0 Å². The smallest absolute Gasteiger partial charge is 0.239 e. The highest BCUT2D eigenvalue weighted by Crippen LogP contribution is 2.30. The number of carbonyl (C=O) groups is 1. The Balaban J connectivity index is 1.70. The molecule has 4 nitrogen and oxygen atoms in total. The summed E-state index contributed by atoms with van der Waals surface area (Å²) in [6, 6.07) is 0. The van der Waals surface area contributed by atoms with Gasteiger partial charge in [-0.2, -0.15) is 0 Å². The summed E-state index contributed by atoms with van der Waals surface area (Å²) in [5, 5.41) is 6.52. The van der Waals surface area contributed by atoms with Crippen molar-refractivity contribution in [1.29, 1.82) is 0 Å². The molecule has 0 aromatic carbocycles. The lowest BCUT2D eigenvalue weighted by Crippen LogP contribution is -2.60. The van der Waals surface area contributed by atoms with E-state index in [1.54, 1.807) is 0 Å². The van der Waals surface area contributed by atoms with Crippen molar-refractivity contribution >= 4 is 5.91 Å². The Morgan fingerprint density at radius 3 is 2.43 bits per heavy atom. The van der Waals surface area contributed by atoms with Gasteiger partial charge < -0.3 is 10.6 Å². The van der Waals surface area contributed by atoms with E-state index in [9.17, 15) is 4.79 Å². The number of hydrogen-bond donors (Lipinski definition) is 2. The molecular weight excluding hydrogens is 262 g/mol. The molecule has 2 aliphatic rings. The number of piperazine rings is 1. The first-order valence-electron chi connectivity index (χ1n) is 8.74. The summed E-state index contributed by atoms with van der Waals surface area (Å²) in [4.78, 5) is 14.8. The Bertz CT molecular complexity index is 329. The van der Waals surface area contributed by atoms with Gasteiger partial charge in [0, 0.05) is 32.7 Å². The molecule has 0 aromatic heterocycles. The molecule has 1 saturated heterocycles. The monoisotopic (exact) mass is 295 g/mol. The zero-order chi connectivity index (χ0) is 15.3. The van der Waals surface area contributed by atoms with Crippen LogP contribution < -0.4 is 10.6 Å². The minimum atomic E-state index is -0.386. The lowest BCUT2D eigenvalue weighted by molar-refractivity contribution is -0.132. The van der Waals surface area contributed by atoms with Gasteiger partial charge in [-0.05, 0) is 32.1 Å². The summed E-state index contributed by atoms with van der Waals surface area (Å²) < 4.78 is 0. The van der Waals surface area contributed by atoms with E-state index in [0.717, 1.165) is 51.0 Å². The maximum absolute atomic E-state index is 12.5. The van der Waals surface area contributed by atoms with E-state index in [-0.39, 0.29) is 11.4 Å². The number of nitrogens with one attached hydrogen (secondary N) is 2. The molecule has 2 rings (SSSR count). The van der Waals surface area contributed by atoms with Crippen LogP contribution in [0.1, 0.15) is 52.9 Å². The molecule has 0 unspecified atom stereocenters. The Hall–Kier alpha value is -0.610. The molecule has 1 heterocycles. The van der Waals surface area contributed by atoms with Crippen molar-refractivity contribution in [2.45, 2.75) is 58.4 Å². The van der Waals surface area contributed by atoms with Gasteiger partial charge in [0.05, 0.1) is 5.54 Å². The minimum Gasteiger partial charge on any atom is -0.354 e. The number of rotatable bonds is 5.